The Bertz CT molecular complexity index is 402. The van der Waals surface area contributed by atoms with Crippen LogP contribution in [0.2, 0.25) is 0 Å². The van der Waals surface area contributed by atoms with Crippen LogP contribution in [-0.4, -0.2) is 37.0 Å². The van der Waals surface area contributed by atoms with Gasteiger partial charge in [-0.05, 0) is 47.9 Å². The second-order valence-corrected chi connectivity index (χ2v) is 6.35. The van der Waals surface area contributed by atoms with E-state index >= 15 is 0 Å². The molecule has 0 aromatic carbocycles. The molecule has 2 heterocycles. The topological polar surface area (TPSA) is 58.4 Å². The minimum Gasteiger partial charge on any atom is -0.329 e. The molecule has 2 rings (SSSR count). The van der Waals surface area contributed by atoms with E-state index in [1.54, 1.807) is 11.3 Å². The first kappa shape index (κ1) is 14.0. The minimum atomic E-state index is 0.139. The van der Waals surface area contributed by atoms with Crippen molar-refractivity contribution in [1.82, 2.24) is 4.90 Å². The number of rotatable bonds is 4. The molecule has 1 aliphatic heterocycles. The average Bonchev–Trinajstić information content (AvgIpc) is 2.76. The van der Waals surface area contributed by atoms with Crippen LogP contribution in [0.3, 0.4) is 0 Å². The summed E-state index contributed by atoms with van der Waals surface area (Å²) < 4.78 is 1.01. The Morgan fingerprint density at radius 3 is 2.83 bits per heavy atom. The zero-order valence-corrected chi connectivity index (χ0v) is 12.6. The summed E-state index contributed by atoms with van der Waals surface area (Å²) in [6, 6.07) is 1.94. The maximum atomic E-state index is 12.1. The van der Waals surface area contributed by atoms with Crippen molar-refractivity contribution in [3.63, 3.8) is 0 Å². The number of nitrogens with one attached hydrogen (secondary N) is 1. The smallest absolute Gasteiger partial charge is 0.228 e. The van der Waals surface area contributed by atoms with E-state index in [1.165, 1.54) is 0 Å². The standard InChI is InChI=1S/C12H18BrN3OS/c13-10-7-11(18-8-10)15-12(17)9-1-4-16(5-2-9)6-3-14/h7-9H,1-6,14H2,(H,15,17). The first-order valence-electron chi connectivity index (χ1n) is 6.16. The Balaban J connectivity index is 1.80. The van der Waals surface area contributed by atoms with Gasteiger partial charge in [0.1, 0.15) is 0 Å². The molecule has 0 saturated carbocycles. The summed E-state index contributed by atoms with van der Waals surface area (Å²) in [5.74, 6) is 0.289. The zero-order valence-electron chi connectivity index (χ0n) is 10.2. The molecule has 0 spiro atoms. The van der Waals surface area contributed by atoms with Gasteiger partial charge in [0.05, 0.1) is 5.00 Å². The van der Waals surface area contributed by atoms with Gasteiger partial charge in [0, 0.05) is 28.9 Å². The highest BCUT2D eigenvalue weighted by molar-refractivity contribution is 9.10. The van der Waals surface area contributed by atoms with E-state index in [4.69, 9.17) is 5.73 Å². The van der Waals surface area contributed by atoms with Crippen LogP contribution in [-0.2, 0) is 4.79 Å². The fourth-order valence-corrected chi connectivity index (χ4v) is 3.53. The second kappa shape index (κ2) is 6.65. The van der Waals surface area contributed by atoms with Crippen molar-refractivity contribution in [3.05, 3.63) is 15.9 Å². The predicted octanol–water partition coefficient (Wildman–Crippen LogP) is 2.12. The molecule has 18 heavy (non-hydrogen) atoms. The largest absolute Gasteiger partial charge is 0.329 e. The van der Waals surface area contributed by atoms with Gasteiger partial charge in [0.25, 0.3) is 0 Å². The highest BCUT2D eigenvalue weighted by atomic mass is 79.9. The maximum Gasteiger partial charge on any atom is 0.228 e. The fourth-order valence-electron chi connectivity index (χ4n) is 2.20. The molecule has 0 bridgehead atoms. The van der Waals surface area contributed by atoms with Crippen LogP contribution in [0.5, 0.6) is 0 Å². The molecular formula is C12H18BrN3OS. The van der Waals surface area contributed by atoms with E-state index in [-0.39, 0.29) is 11.8 Å². The molecule has 1 saturated heterocycles. The molecule has 1 aliphatic rings. The minimum absolute atomic E-state index is 0.139. The lowest BCUT2D eigenvalue weighted by Gasteiger charge is -2.30. The normalized spacial score (nSPS) is 17.9. The maximum absolute atomic E-state index is 12.1. The number of halogens is 1. The number of nitrogens with zero attached hydrogens (tertiary/aromatic N) is 1. The Morgan fingerprint density at radius 1 is 1.56 bits per heavy atom. The summed E-state index contributed by atoms with van der Waals surface area (Å²) in [5, 5.41) is 5.87. The monoisotopic (exact) mass is 331 g/mol. The molecule has 0 atom stereocenters. The van der Waals surface area contributed by atoms with Gasteiger partial charge in [-0.25, -0.2) is 0 Å². The van der Waals surface area contributed by atoms with E-state index < -0.39 is 0 Å². The van der Waals surface area contributed by atoms with Gasteiger partial charge in [0.15, 0.2) is 0 Å². The number of thiophene rings is 1. The van der Waals surface area contributed by atoms with Crippen molar-refractivity contribution < 1.29 is 4.79 Å². The van der Waals surface area contributed by atoms with Crippen molar-refractivity contribution >= 4 is 38.2 Å². The second-order valence-electron chi connectivity index (χ2n) is 4.52. The van der Waals surface area contributed by atoms with Crippen LogP contribution in [0.25, 0.3) is 0 Å². The van der Waals surface area contributed by atoms with Crippen LogP contribution < -0.4 is 11.1 Å². The van der Waals surface area contributed by atoms with Crippen LogP contribution in [0, 0.1) is 5.92 Å². The van der Waals surface area contributed by atoms with E-state index in [2.05, 4.69) is 26.1 Å². The first-order chi connectivity index (χ1) is 8.69. The highest BCUT2D eigenvalue weighted by Crippen LogP contribution is 2.26. The Hall–Kier alpha value is -0.430. The lowest BCUT2D eigenvalue weighted by molar-refractivity contribution is -0.121. The van der Waals surface area contributed by atoms with E-state index in [9.17, 15) is 4.79 Å². The van der Waals surface area contributed by atoms with E-state index in [1.807, 2.05) is 11.4 Å². The fraction of sp³-hybridized carbons (Fsp3) is 0.583. The Kier molecular flexibility index (Phi) is 5.17. The van der Waals surface area contributed by atoms with E-state index in [0.717, 1.165) is 41.9 Å². The van der Waals surface area contributed by atoms with Gasteiger partial charge >= 0.3 is 0 Å². The third-order valence-corrected chi connectivity index (χ3v) is 4.82. The summed E-state index contributed by atoms with van der Waals surface area (Å²) in [6.07, 6.45) is 1.86. The van der Waals surface area contributed by atoms with Crippen molar-refractivity contribution in [2.75, 3.05) is 31.5 Å². The average molecular weight is 332 g/mol. The van der Waals surface area contributed by atoms with Gasteiger partial charge in [-0.2, -0.15) is 0 Å². The molecule has 1 amide bonds. The van der Waals surface area contributed by atoms with Crippen molar-refractivity contribution in [2.45, 2.75) is 12.8 Å². The van der Waals surface area contributed by atoms with Crippen LogP contribution in [0.15, 0.2) is 15.9 Å². The predicted molar refractivity (Wildman–Crippen MR) is 78.9 cm³/mol. The lowest BCUT2D eigenvalue weighted by Crippen LogP contribution is -2.40. The van der Waals surface area contributed by atoms with Crippen molar-refractivity contribution in [3.8, 4) is 0 Å². The summed E-state index contributed by atoms with van der Waals surface area (Å²) >= 11 is 4.93. The van der Waals surface area contributed by atoms with Gasteiger partial charge in [-0.15, -0.1) is 11.3 Å². The van der Waals surface area contributed by atoms with Gasteiger partial charge in [-0.3, -0.25) is 4.79 Å². The Labute approximate surface area is 120 Å². The molecule has 4 nitrogen and oxygen atoms in total. The highest BCUT2D eigenvalue weighted by Gasteiger charge is 2.24. The molecule has 6 heteroatoms. The molecule has 0 radical (unpaired) electrons. The van der Waals surface area contributed by atoms with Crippen LogP contribution >= 0.6 is 27.3 Å². The molecule has 0 unspecified atom stereocenters. The number of carbonyl (C=O) groups is 1. The number of amides is 1. The number of piperidine rings is 1. The van der Waals surface area contributed by atoms with Gasteiger partial charge < -0.3 is 16.0 Å². The Morgan fingerprint density at radius 2 is 2.28 bits per heavy atom. The van der Waals surface area contributed by atoms with Crippen molar-refractivity contribution in [1.29, 1.82) is 0 Å². The number of nitrogens with two attached hydrogens (primary N) is 1. The molecular weight excluding hydrogens is 314 g/mol. The summed E-state index contributed by atoms with van der Waals surface area (Å²) in [7, 11) is 0. The number of hydrogen-bond donors (Lipinski definition) is 2. The van der Waals surface area contributed by atoms with E-state index in [0.29, 0.717) is 6.54 Å². The van der Waals surface area contributed by atoms with Crippen LogP contribution in [0.1, 0.15) is 12.8 Å². The third-order valence-electron chi connectivity index (χ3n) is 3.22. The third kappa shape index (κ3) is 3.78. The van der Waals surface area contributed by atoms with Crippen LogP contribution in [0.4, 0.5) is 5.00 Å². The summed E-state index contributed by atoms with van der Waals surface area (Å²) in [5.41, 5.74) is 5.53. The molecule has 1 fully saturated rings. The quantitative estimate of drug-likeness (QED) is 0.888. The molecule has 0 aliphatic carbocycles. The van der Waals surface area contributed by atoms with Gasteiger partial charge in [-0.1, -0.05) is 0 Å². The SMILES string of the molecule is NCCN1CCC(C(=O)Nc2cc(Br)cs2)CC1. The summed E-state index contributed by atoms with van der Waals surface area (Å²) in [4.78, 5) is 14.4. The molecule has 3 N–H and O–H groups in total. The summed E-state index contributed by atoms with van der Waals surface area (Å²) in [6.45, 7) is 3.58. The van der Waals surface area contributed by atoms with Gasteiger partial charge in [0.2, 0.25) is 5.91 Å². The number of anilines is 1. The lowest BCUT2D eigenvalue weighted by atomic mass is 9.96. The van der Waals surface area contributed by atoms with Crippen molar-refractivity contribution in [2.24, 2.45) is 11.7 Å². The number of hydrogen-bond acceptors (Lipinski definition) is 4. The number of likely N-dealkylation sites (tertiary alicyclic amines) is 1. The number of carbonyl (C=O) groups excluding carboxylic acids is 1. The molecule has 1 aromatic heterocycles. The zero-order chi connectivity index (χ0) is 13.0. The molecule has 100 valence electrons. The first-order valence-corrected chi connectivity index (χ1v) is 7.83. The molecule has 1 aromatic rings.